The van der Waals surface area contributed by atoms with E-state index in [0.29, 0.717) is 28.6 Å². The highest BCUT2D eigenvalue weighted by Gasteiger charge is 2.07. The second kappa shape index (κ2) is 12.6. The van der Waals surface area contributed by atoms with Gasteiger partial charge in [0.15, 0.2) is 10.9 Å². The molecule has 3 rings (SSSR count). The van der Waals surface area contributed by atoms with Crippen molar-refractivity contribution in [3.05, 3.63) is 86.6 Å². The topological polar surface area (TPSA) is 75.7 Å². The maximum Gasteiger partial charge on any atom is 0.255 e. The summed E-state index contributed by atoms with van der Waals surface area (Å²) in [5.41, 5.74) is 3.24. The number of thioether (sulfide) groups is 1. The highest BCUT2D eigenvalue weighted by molar-refractivity contribution is 7.99. The lowest BCUT2D eigenvalue weighted by atomic mass is 10.0. The minimum Gasteiger partial charge on any atom is -0.301 e. The minimum atomic E-state index is -0.0894. The predicted octanol–water partition coefficient (Wildman–Crippen LogP) is 6.03. The number of rotatable bonds is 12. The van der Waals surface area contributed by atoms with Crippen LogP contribution in [0.3, 0.4) is 0 Å². The second-order valence-corrected chi connectivity index (χ2v) is 9.34. The lowest BCUT2D eigenvalue weighted by Gasteiger charge is -2.04. The first-order chi connectivity index (χ1) is 15.5. The Morgan fingerprint density at radius 2 is 1.72 bits per heavy atom. The van der Waals surface area contributed by atoms with Crippen LogP contribution >= 0.6 is 23.4 Å². The molecular weight excluding hydrogens is 442 g/mol. The molecule has 0 bridgehead atoms. The van der Waals surface area contributed by atoms with E-state index in [4.69, 9.17) is 11.6 Å². The van der Waals surface area contributed by atoms with Gasteiger partial charge in [-0.15, -0.1) is 0 Å². The molecule has 7 heteroatoms. The van der Waals surface area contributed by atoms with Gasteiger partial charge < -0.3 is 4.98 Å². The Balaban J connectivity index is 1.29. The lowest BCUT2D eigenvalue weighted by Crippen LogP contribution is -2.14. The number of aromatic amines is 1. The third-order valence-electron chi connectivity index (χ3n) is 5.17. The summed E-state index contributed by atoms with van der Waals surface area (Å²) in [6, 6.07) is 11.0. The van der Waals surface area contributed by atoms with Crippen LogP contribution in [-0.4, -0.2) is 26.5 Å². The average Bonchev–Trinajstić information content (AvgIpc) is 2.79. The third kappa shape index (κ3) is 7.92. The number of aromatic nitrogens is 3. The Morgan fingerprint density at radius 3 is 2.44 bits per heavy atom. The van der Waals surface area contributed by atoms with Gasteiger partial charge in [-0.3, -0.25) is 14.6 Å². The van der Waals surface area contributed by atoms with E-state index in [1.807, 2.05) is 19.1 Å². The van der Waals surface area contributed by atoms with Crippen molar-refractivity contribution in [3.63, 3.8) is 0 Å². The van der Waals surface area contributed by atoms with E-state index in [0.717, 1.165) is 54.7 Å². The maximum atomic E-state index is 12.3. The standard InChI is InChI=1S/C25H28ClN3O2S/c1-18-8-9-19(16-27-18)15-21-17-28-25(29-24(21)31)32-14-6-4-2-3-5-7-23(30)20-10-12-22(26)13-11-20/h8-13,16-17H,2-7,14-15H2,1H3,(H,28,29,31). The number of H-pyrrole nitrogens is 1. The molecular formula is C25H28ClN3O2S. The van der Waals surface area contributed by atoms with Gasteiger partial charge in [0.1, 0.15) is 0 Å². The van der Waals surface area contributed by atoms with Gasteiger partial charge >= 0.3 is 0 Å². The largest absolute Gasteiger partial charge is 0.301 e. The highest BCUT2D eigenvalue weighted by atomic mass is 35.5. The molecule has 32 heavy (non-hydrogen) atoms. The Labute approximate surface area is 198 Å². The summed E-state index contributed by atoms with van der Waals surface area (Å²) in [5, 5.41) is 1.31. The number of Topliss-reactive ketones (excluding diaryl/α,β-unsaturated/α-hetero) is 1. The molecule has 0 fully saturated rings. The molecule has 0 radical (unpaired) electrons. The number of ketones is 1. The van der Waals surface area contributed by atoms with E-state index >= 15 is 0 Å². The van der Waals surface area contributed by atoms with Crippen molar-refractivity contribution < 1.29 is 4.79 Å². The average molecular weight is 470 g/mol. The SMILES string of the molecule is Cc1ccc(Cc2cnc(SCCCCCCCC(=O)c3ccc(Cl)cc3)[nH]c2=O)cn1. The molecule has 168 valence electrons. The van der Waals surface area contributed by atoms with Crippen molar-refractivity contribution in [1.29, 1.82) is 0 Å². The number of halogens is 1. The van der Waals surface area contributed by atoms with Crippen LogP contribution in [0.25, 0.3) is 0 Å². The first-order valence-electron chi connectivity index (χ1n) is 10.9. The molecule has 2 aromatic heterocycles. The number of unbranched alkanes of at least 4 members (excludes halogenated alkanes) is 4. The predicted molar refractivity (Wildman–Crippen MR) is 131 cm³/mol. The van der Waals surface area contributed by atoms with Crippen LogP contribution in [0.4, 0.5) is 0 Å². The van der Waals surface area contributed by atoms with Crippen LogP contribution in [0.15, 0.2) is 58.7 Å². The number of aryl methyl sites for hydroxylation is 1. The maximum absolute atomic E-state index is 12.3. The molecule has 0 aliphatic rings. The number of benzene rings is 1. The molecule has 0 amide bonds. The number of hydrogen-bond donors (Lipinski definition) is 1. The summed E-state index contributed by atoms with van der Waals surface area (Å²) in [5.74, 6) is 1.09. The van der Waals surface area contributed by atoms with Crippen molar-refractivity contribution in [1.82, 2.24) is 15.0 Å². The van der Waals surface area contributed by atoms with Gasteiger partial charge in [0.25, 0.3) is 5.56 Å². The van der Waals surface area contributed by atoms with E-state index in [2.05, 4.69) is 15.0 Å². The van der Waals surface area contributed by atoms with Crippen molar-refractivity contribution >= 4 is 29.1 Å². The van der Waals surface area contributed by atoms with Gasteiger partial charge in [-0.05, 0) is 55.7 Å². The number of carbonyl (C=O) groups is 1. The fraction of sp³-hybridized carbons (Fsp3) is 0.360. The molecule has 0 aliphatic heterocycles. The molecule has 3 aromatic rings. The zero-order valence-electron chi connectivity index (χ0n) is 18.3. The van der Waals surface area contributed by atoms with Gasteiger partial charge in [0, 0.05) is 52.8 Å². The summed E-state index contributed by atoms with van der Waals surface area (Å²) in [6.45, 7) is 1.94. The molecule has 0 saturated carbocycles. The summed E-state index contributed by atoms with van der Waals surface area (Å²) in [4.78, 5) is 36.0. The van der Waals surface area contributed by atoms with Gasteiger partial charge in [0.2, 0.25) is 0 Å². The lowest BCUT2D eigenvalue weighted by molar-refractivity contribution is 0.0979. The summed E-state index contributed by atoms with van der Waals surface area (Å²) >= 11 is 7.43. The molecule has 0 spiro atoms. The van der Waals surface area contributed by atoms with E-state index in [1.165, 1.54) is 0 Å². The van der Waals surface area contributed by atoms with Crippen molar-refractivity contribution in [2.75, 3.05) is 5.75 Å². The molecule has 0 aliphatic carbocycles. The minimum absolute atomic E-state index is 0.0894. The van der Waals surface area contributed by atoms with Crippen molar-refractivity contribution in [3.8, 4) is 0 Å². The van der Waals surface area contributed by atoms with Gasteiger partial charge in [-0.2, -0.15) is 0 Å². The van der Waals surface area contributed by atoms with Crippen LogP contribution in [-0.2, 0) is 6.42 Å². The Bertz CT molecular complexity index is 1070. The molecule has 1 N–H and O–H groups in total. The number of pyridine rings is 1. The van der Waals surface area contributed by atoms with E-state index in [-0.39, 0.29) is 11.3 Å². The number of nitrogens with zero attached hydrogens (tertiary/aromatic N) is 2. The smallest absolute Gasteiger partial charge is 0.255 e. The monoisotopic (exact) mass is 469 g/mol. The molecule has 0 saturated heterocycles. The van der Waals surface area contributed by atoms with Crippen LogP contribution in [0.5, 0.6) is 0 Å². The molecule has 5 nitrogen and oxygen atoms in total. The number of nitrogens with one attached hydrogen (secondary N) is 1. The number of carbonyl (C=O) groups excluding carboxylic acids is 1. The molecule has 0 unspecified atom stereocenters. The summed E-state index contributed by atoms with van der Waals surface area (Å²) < 4.78 is 0. The van der Waals surface area contributed by atoms with Crippen molar-refractivity contribution in [2.24, 2.45) is 0 Å². The molecule has 2 heterocycles. The summed E-state index contributed by atoms with van der Waals surface area (Å²) in [7, 11) is 0. The van der Waals surface area contributed by atoms with E-state index < -0.39 is 0 Å². The Kier molecular flexibility index (Phi) is 9.50. The first kappa shape index (κ1) is 24.2. The number of hydrogen-bond acceptors (Lipinski definition) is 5. The fourth-order valence-electron chi connectivity index (χ4n) is 3.29. The zero-order valence-corrected chi connectivity index (χ0v) is 19.8. The third-order valence-corrected chi connectivity index (χ3v) is 6.40. The normalized spacial score (nSPS) is 10.9. The molecule has 1 aromatic carbocycles. The second-order valence-electron chi connectivity index (χ2n) is 7.82. The summed E-state index contributed by atoms with van der Waals surface area (Å²) in [6.07, 6.45) is 9.77. The van der Waals surface area contributed by atoms with Crippen LogP contribution in [0.1, 0.15) is 65.7 Å². The Hall–Kier alpha value is -2.44. The van der Waals surface area contributed by atoms with Gasteiger partial charge in [-0.1, -0.05) is 48.7 Å². The first-order valence-corrected chi connectivity index (χ1v) is 12.3. The van der Waals surface area contributed by atoms with Gasteiger partial charge in [0.05, 0.1) is 0 Å². The quantitative estimate of drug-likeness (QED) is 0.151. The zero-order chi connectivity index (χ0) is 22.8. The van der Waals surface area contributed by atoms with Crippen LogP contribution < -0.4 is 5.56 Å². The van der Waals surface area contributed by atoms with Crippen molar-refractivity contribution in [2.45, 2.75) is 57.0 Å². The Morgan fingerprint density at radius 1 is 0.969 bits per heavy atom. The van der Waals surface area contributed by atoms with Crippen LogP contribution in [0, 0.1) is 6.92 Å². The van der Waals surface area contributed by atoms with E-state index in [1.54, 1.807) is 48.4 Å². The molecule has 0 atom stereocenters. The fourth-order valence-corrected chi connectivity index (χ4v) is 4.25. The highest BCUT2D eigenvalue weighted by Crippen LogP contribution is 2.17. The van der Waals surface area contributed by atoms with E-state index in [9.17, 15) is 9.59 Å². The van der Waals surface area contributed by atoms with Gasteiger partial charge in [-0.25, -0.2) is 4.98 Å². The van der Waals surface area contributed by atoms with Crippen LogP contribution in [0.2, 0.25) is 5.02 Å².